The Morgan fingerprint density at radius 3 is 2.83 bits per heavy atom. The molecular weight excluding hydrogens is 358 g/mol. The van der Waals surface area contributed by atoms with Gasteiger partial charge in [0.1, 0.15) is 5.92 Å². The third-order valence-electron chi connectivity index (χ3n) is 3.86. The van der Waals surface area contributed by atoms with Crippen molar-refractivity contribution in [1.29, 1.82) is 0 Å². The molecule has 0 aliphatic carbocycles. The molecule has 6 heteroatoms. The summed E-state index contributed by atoms with van der Waals surface area (Å²) < 4.78 is 0.911. The van der Waals surface area contributed by atoms with Crippen LogP contribution in [-0.4, -0.2) is 23.3 Å². The zero-order valence-electron chi connectivity index (χ0n) is 12.4. The van der Waals surface area contributed by atoms with Crippen LogP contribution in [0.25, 0.3) is 0 Å². The number of halogens is 1. The number of hydrogen-bond acceptors (Lipinski definition) is 3. The highest BCUT2D eigenvalue weighted by molar-refractivity contribution is 9.10. The number of pyridine rings is 1. The van der Waals surface area contributed by atoms with Crippen LogP contribution in [0.5, 0.6) is 0 Å². The van der Waals surface area contributed by atoms with E-state index in [9.17, 15) is 9.59 Å². The maximum Gasteiger partial charge on any atom is 0.239 e. The number of nitrogens with zero attached hydrogens (tertiary/aromatic N) is 2. The Hall–Kier alpha value is -2.21. The summed E-state index contributed by atoms with van der Waals surface area (Å²) in [6, 6.07) is 11.2. The maximum atomic E-state index is 12.5. The molecule has 1 atom stereocenters. The molecule has 1 N–H and O–H groups in total. The van der Waals surface area contributed by atoms with Gasteiger partial charge in [0, 0.05) is 35.6 Å². The second kappa shape index (κ2) is 6.91. The monoisotopic (exact) mass is 373 g/mol. The van der Waals surface area contributed by atoms with E-state index in [0.717, 1.165) is 15.7 Å². The van der Waals surface area contributed by atoms with E-state index in [1.54, 1.807) is 17.3 Å². The summed E-state index contributed by atoms with van der Waals surface area (Å²) in [5.74, 6) is -0.976. The molecule has 2 aromatic rings. The number of rotatable bonds is 4. The zero-order chi connectivity index (χ0) is 16.2. The fourth-order valence-electron chi connectivity index (χ4n) is 2.64. The molecule has 1 fully saturated rings. The van der Waals surface area contributed by atoms with Crippen LogP contribution in [0.4, 0.5) is 5.69 Å². The van der Waals surface area contributed by atoms with Crippen LogP contribution in [0, 0.1) is 5.92 Å². The van der Waals surface area contributed by atoms with Gasteiger partial charge in [-0.3, -0.25) is 14.6 Å². The van der Waals surface area contributed by atoms with E-state index in [1.165, 1.54) is 0 Å². The Bertz CT molecular complexity index is 721. The molecule has 1 saturated heterocycles. The Morgan fingerprint density at radius 2 is 2.09 bits per heavy atom. The van der Waals surface area contributed by atoms with Crippen molar-refractivity contribution in [2.24, 2.45) is 5.92 Å². The van der Waals surface area contributed by atoms with E-state index in [0.29, 0.717) is 19.5 Å². The van der Waals surface area contributed by atoms with E-state index in [-0.39, 0.29) is 11.8 Å². The number of benzene rings is 1. The molecule has 0 bridgehead atoms. The Balaban J connectivity index is 1.63. The molecule has 0 spiro atoms. The molecule has 0 radical (unpaired) electrons. The number of anilines is 1. The van der Waals surface area contributed by atoms with Crippen molar-refractivity contribution in [1.82, 2.24) is 10.3 Å². The van der Waals surface area contributed by atoms with Crippen LogP contribution in [-0.2, 0) is 16.1 Å². The SMILES string of the molecule is O=C(NCc1ccncc1)[C@H]1CCN(c2cccc(Br)c2)C1=O. The van der Waals surface area contributed by atoms with Crippen molar-refractivity contribution in [3.05, 3.63) is 58.8 Å². The second-order valence-electron chi connectivity index (χ2n) is 5.38. The number of nitrogens with one attached hydrogen (secondary N) is 1. The fourth-order valence-corrected chi connectivity index (χ4v) is 3.02. The van der Waals surface area contributed by atoms with Crippen molar-refractivity contribution < 1.29 is 9.59 Å². The van der Waals surface area contributed by atoms with Gasteiger partial charge < -0.3 is 10.2 Å². The number of carbonyl (C=O) groups is 2. The van der Waals surface area contributed by atoms with E-state index in [4.69, 9.17) is 0 Å². The predicted octanol–water partition coefficient (Wildman–Crippen LogP) is 2.51. The third-order valence-corrected chi connectivity index (χ3v) is 4.35. The number of amides is 2. The minimum atomic E-state index is -0.615. The van der Waals surface area contributed by atoms with E-state index in [2.05, 4.69) is 26.2 Å². The van der Waals surface area contributed by atoms with Gasteiger partial charge in [-0.1, -0.05) is 22.0 Å². The molecule has 1 aromatic heterocycles. The topological polar surface area (TPSA) is 62.3 Å². The molecule has 0 unspecified atom stereocenters. The van der Waals surface area contributed by atoms with Gasteiger partial charge in [-0.25, -0.2) is 0 Å². The number of aromatic nitrogens is 1. The van der Waals surface area contributed by atoms with Crippen LogP contribution < -0.4 is 10.2 Å². The zero-order valence-corrected chi connectivity index (χ0v) is 14.0. The number of carbonyl (C=O) groups excluding carboxylic acids is 2. The van der Waals surface area contributed by atoms with Crippen molar-refractivity contribution in [2.45, 2.75) is 13.0 Å². The lowest BCUT2D eigenvalue weighted by molar-refractivity contribution is -0.132. The van der Waals surface area contributed by atoms with Gasteiger partial charge in [0.15, 0.2) is 0 Å². The van der Waals surface area contributed by atoms with Crippen molar-refractivity contribution in [3.8, 4) is 0 Å². The van der Waals surface area contributed by atoms with Crippen LogP contribution in [0.2, 0.25) is 0 Å². The molecule has 1 aliphatic heterocycles. The fraction of sp³-hybridized carbons (Fsp3) is 0.235. The summed E-state index contributed by atoms with van der Waals surface area (Å²) in [4.78, 5) is 30.4. The standard InChI is InChI=1S/C17H16BrN3O2/c18-13-2-1-3-14(10-13)21-9-6-15(17(21)23)16(22)20-11-12-4-7-19-8-5-12/h1-5,7-8,10,15H,6,9,11H2,(H,20,22)/t15-/m1/s1. The molecule has 118 valence electrons. The summed E-state index contributed by atoms with van der Waals surface area (Å²) >= 11 is 3.40. The van der Waals surface area contributed by atoms with E-state index in [1.807, 2.05) is 36.4 Å². The largest absolute Gasteiger partial charge is 0.351 e. The average molecular weight is 374 g/mol. The van der Waals surface area contributed by atoms with Crippen LogP contribution >= 0.6 is 15.9 Å². The molecule has 23 heavy (non-hydrogen) atoms. The minimum Gasteiger partial charge on any atom is -0.351 e. The summed E-state index contributed by atoms with van der Waals surface area (Å²) in [6.07, 6.45) is 3.89. The molecule has 2 heterocycles. The van der Waals surface area contributed by atoms with Gasteiger partial charge in [-0.15, -0.1) is 0 Å². The maximum absolute atomic E-state index is 12.5. The van der Waals surface area contributed by atoms with Crippen molar-refractivity contribution >= 4 is 33.4 Å². The molecule has 2 amide bonds. The summed E-state index contributed by atoms with van der Waals surface area (Å²) in [5, 5.41) is 2.83. The lowest BCUT2D eigenvalue weighted by atomic mass is 10.1. The molecule has 0 saturated carbocycles. The van der Waals surface area contributed by atoms with Gasteiger partial charge in [-0.2, -0.15) is 0 Å². The Morgan fingerprint density at radius 1 is 1.30 bits per heavy atom. The van der Waals surface area contributed by atoms with Crippen LogP contribution in [0.1, 0.15) is 12.0 Å². The van der Waals surface area contributed by atoms with Gasteiger partial charge in [0.05, 0.1) is 0 Å². The quantitative estimate of drug-likeness (QED) is 0.837. The predicted molar refractivity (Wildman–Crippen MR) is 90.7 cm³/mol. The van der Waals surface area contributed by atoms with Gasteiger partial charge in [0.2, 0.25) is 11.8 Å². The minimum absolute atomic E-state index is 0.143. The highest BCUT2D eigenvalue weighted by atomic mass is 79.9. The molecule has 3 rings (SSSR count). The number of hydrogen-bond donors (Lipinski definition) is 1. The smallest absolute Gasteiger partial charge is 0.239 e. The van der Waals surface area contributed by atoms with E-state index < -0.39 is 5.92 Å². The van der Waals surface area contributed by atoms with Gasteiger partial charge >= 0.3 is 0 Å². The lowest BCUT2D eigenvalue weighted by Gasteiger charge is -2.17. The highest BCUT2D eigenvalue weighted by Gasteiger charge is 2.37. The first kappa shape index (κ1) is 15.7. The molecule has 1 aromatic carbocycles. The van der Waals surface area contributed by atoms with E-state index >= 15 is 0 Å². The average Bonchev–Trinajstić information content (AvgIpc) is 2.95. The first-order valence-electron chi connectivity index (χ1n) is 7.39. The first-order chi connectivity index (χ1) is 11.1. The second-order valence-corrected chi connectivity index (χ2v) is 6.30. The molecular formula is C17H16BrN3O2. The van der Waals surface area contributed by atoms with Gasteiger partial charge in [-0.05, 0) is 42.3 Å². The van der Waals surface area contributed by atoms with Gasteiger partial charge in [0.25, 0.3) is 0 Å². The third kappa shape index (κ3) is 3.59. The van der Waals surface area contributed by atoms with Crippen molar-refractivity contribution in [3.63, 3.8) is 0 Å². The van der Waals surface area contributed by atoms with Crippen LogP contribution in [0.15, 0.2) is 53.3 Å². The Labute approximate surface area is 142 Å². The molecule has 5 nitrogen and oxygen atoms in total. The summed E-state index contributed by atoms with van der Waals surface area (Å²) in [5.41, 5.74) is 1.77. The lowest BCUT2D eigenvalue weighted by Crippen LogP contribution is -2.36. The first-order valence-corrected chi connectivity index (χ1v) is 8.18. The highest BCUT2D eigenvalue weighted by Crippen LogP contribution is 2.27. The molecule has 1 aliphatic rings. The van der Waals surface area contributed by atoms with Crippen molar-refractivity contribution in [2.75, 3.05) is 11.4 Å². The normalized spacial score (nSPS) is 17.3. The van der Waals surface area contributed by atoms with Crippen LogP contribution in [0.3, 0.4) is 0 Å². The Kier molecular flexibility index (Phi) is 4.71. The summed E-state index contributed by atoms with van der Waals surface area (Å²) in [7, 11) is 0. The summed E-state index contributed by atoms with van der Waals surface area (Å²) in [6.45, 7) is 0.963.